The van der Waals surface area contributed by atoms with Crippen LogP contribution in [0.15, 0.2) is 18.2 Å². The van der Waals surface area contributed by atoms with E-state index in [9.17, 15) is 4.79 Å². The van der Waals surface area contributed by atoms with Crippen molar-refractivity contribution in [3.05, 3.63) is 23.8 Å². The van der Waals surface area contributed by atoms with Crippen LogP contribution in [0, 0.1) is 5.92 Å². The van der Waals surface area contributed by atoms with E-state index < -0.39 is 0 Å². The van der Waals surface area contributed by atoms with E-state index in [1.807, 2.05) is 6.92 Å². The van der Waals surface area contributed by atoms with Gasteiger partial charge in [0.25, 0.3) is 5.91 Å². The number of ether oxygens (including phenoxy) is 2. The summed E-state index contributed by atoms with van der Waals surface area (Å²) in [7, 11) is 3.13. The van der Waals surface area contributed by atoms with E-state index >= 15 is 0 Å². The monoisotopic (exact) mass is 265 g/mol. The van der Waals surface area contributed by atoms with Gasteiger partial charge in [0.2, 0.25) is 0 Å². The minimum absolute atomic E-state index is 0.106. The lowest BCUT2D eigenvalue weighted by Gasteiger charge is -2.16. The molecule has 0 saturated heterocycles. The number of carbonyl (C=O) groups is 1. The second kappa shape index (κ2) is 7.02. The molecule has 0 fully saturated rings. The van der Waals surface area contributed by atoms with E-state index in [0.717, 1.165) is 6.42 Å². The molecule has 1 rings (SSSR count). The second-order valence-corrected chi connectivity index (χ2v) is 5.11. The van der Waals surface area contributed by atoms with E-state index in [2.05, 4.69) is 19.2 Å². The first kappa shape index (κ1) is 15.3. The van der Waals surface area contributed by atoms with Crippen molar-refractivity contribution >= 4 is 5.91 Å². The number of methoxy groups -OCH3 is 2. The van der Waals surface area contributed by atoms with Crippen LogP contribution in [0.3, 0.4) is 0 Å². The van der Waals surface area contributed by atoms with Gasteiger partial charge in [-0.2, -0.15) is 0 Å². The third-order valence-electron chi connectivity index (χ3n) is 2.82. The maximum absolute atomic E-state index is 12.2. The van der Waals surface area contributed by atoms with Gasteiger partial charge in [-0.15, -0.1) is 0 Å². The molecule has 0 aromatic heterocycles. The van der Waals surface area contributed by atoms with Gasteiger partial charge in [0.05, 0.1) is 14.2 Å². The third kappa shape index (κ3) is 4.81. The van der Waals surface area contributed by atoms with Crippen LogP contribution in [0.1, 0.15) is 37.6 Å². The van der Waals surface area contributed by atoms with Crippen molar-refractivity contribution in [3.63, 3.8) is 0 Å². The molecule has 19 heavy (non-hydrogen) atoms. The Hall–Kier alpha value is -1.71. The van der Waals surface area contributed by atoms with Crippen LogP contribution in [0.5, 0.6) is 11.5 Å². The van der Waals surface area contributed by atoms with E-state index in [0.29, 0.717) is 23.0 Å². The van der Waals surface area contributed by atoms with Gasteiger partial charge in [0, 0.05) is 17.7 Å². The molecule has 1 aromatic carbocycles. The van der Waals surface area contributed by atoms with Gasteiger partial charge in [-0.3, -0.25) is 4.79 Å². The van der Waals surface area contributed by atoms with Crippen LogP contribution in [0.2, 0.25) is 0 Å². The van der Waals surface area contributed by atoms with Gasteiger partial charge in [0.1, 0.15) is 11.5 Å². The van der Waals surface area contributed by atoms with E-state index in [1.54, 1.807) is 32.4 Å². The normalized spacial score (nSPS) is 12.1. The summed E-state index contributed by atoms with van der Waals surface area (Å²) in [6, 6.07) is 5.30. The molecule has 106 valence electrons. The summed E-state index contributed by atoms with van der Waals surface area (Å²) in [6.45, 7) is 6.28. The highest BCUT2D eigenvalue weighted by Gasteiger charge is 2.13. The lowest BCUT2D eigenvalue weighted by molar-refractivity contribution is 0.0935. The molecule has 0 saturated carbocycles. The summed E-state index contributed by atoms with van der Waals surface area (Å²) >= 11 is 0. The van der Waals surface area contributed by atoms with Crippen molar-refractivity contribution in [2.24, 2.45) is 5.92 Å². The molecular weight excluding hydrogens is 242 g/mol. The van der Waals surface area contributed by atoms with Gasteiger partial charge in [-0.05, 0) is 31.4 Å². The Bertz CT molecular complexity index is 407. The fraction of sp³-hybridized carbons (Fsp3) is 0.533. The third-order valence-corrected chi connectivity index (χ3v) is 2.82. The maximum Gasteiger partial charge on any atom is 0.251 e. The first-order valence-corrected chi connectivity index (χ1v) is 6.50. The van der Waals surface area contributed by atoms with Crippen LogP contribution in [0.25, 0.3) is 0 Å². The Morgan fingerprint density at radius 2 is 1.63 bits per heavy atom. The average Bonchev–Trinajstić information content (AvgIpc) is 2.36. The lowest BCUT2D eigenvalue weighted by Crippen LogP contribution is -2.33. The quantitative estimate of drug-likeness (QED) is 0.860. The van der Waals surface area contributed by atoms with Crippen molar-refractivity contribution in [1.82, 2.24) is 5.32 Å². The van der Waals surface area contributed by atoms with E-state index in [1.165, 1.54) is 0 Å². The van der Waals surface area contributed by atoms with Crippen LogP contribution in [-0.4, -0.2) is 26.2 Å². The number of hydrogen-bond donors (Lipinski definition) is 1. The number of carbonyl (C=O) groups excluding carboxylic acids is 1. The van der Waals surface area contributed by atoms with E-state index in [-0.39, 0.29) is 11.9 Å². The molecule has 0 aliphatic heterocycles. The summed E-state index contributed by atoms with van der Waals surface area (Å²) < 4.78 is 10.3. The molecule has 0 aliphatic carbocycles. The summed E-state index contributed by atoms with van der Waals surface area (Å²) in [6.07, 6.45) is 0.951. The first-order chi connectivity index (χ1) is 8.96. The number of rotatable bonds is 6. The molecule has 1 N–H and O–H groups in total. The number of hydrogen-bond acceptors (Lipinski definition) is 3. The second-order valence-electron chi connectivity index (χ2n) is 5.11. The highest BCUT2D eigenvalue weighted by atomic mass is 16.5. The fourth-order valence-corrected chi connectivity index (χ4v) is 2.01. The summed E-state index contributed by atoms with van der Waals surface area (Å²) in [5.74, 6) is 1.67. The smallest absolute Gasteiger partial charge is 0.251 e. The Balaban J connectivity index is 2.81. The number of benzene rings is 1. The first-order valence-electron chi connectivity index (χ1n) is 6.50. The molecule has 0 heterocycles. The molecular formula is C15H23NO3. The molecule has 0 spiro atoms. The molecule has 1 aromatic rings. The lowest BCUT2D eigenvalue weighted by atomic mass is 10.0. The van der Waals surface area contributed by atoms with Crippen LogP contribution < -0.4 is 14.8 Å². The van der Waals surface area contributed by atoms with Gasteiger partial charge in [-0.1, -0.05) is 13.8 Å². The highest BCUT2D eigenvalue weighted by molar-refractivity contribution is 5.95. The minimum atomic E-state index is -0.106. The van der Waals surface area contributed by atoms with Crippen molar-refractivity contribution in [3.8, 4) is 11.5 Å². The predicted molar refractivity (Wildman–Crippen MR) is 75.9 cm³/mol. The standard InChI is InChI=1S/C15H23NO3/c1-10(2)6-11(3)16-15(17)12-7-13(18-4)9-14(8-12)19-5/h7-11H,6H2,1-5H3,(H,16,17). The predicted octanol–water partition coefficient (Wildman–Crippen LogP) is 2.87. The van der Waals surface area contributed by atoms with Gasteiger partial charge >= 0.3 is 0 Å². The summed E-state index contributed by atoms with van der Waals surface area (Å²) in [5.41, 5.74) is 0.548. The largest absolute Gasteiger partial charge is 0.497 e. The number of amides is 1. The van der Waals surface area contributed by atoms with Gasteiger partial charge < -0.3 is 14.8 Å². The summed E-state index contributed by atoms with van der Waals surface area (Å²) in [5, 5.41) is 2.98. The molecule has 4 nitrogen and oxygen atoms in total. The zero-order valence-electron chi connectivity index (χ0n) is 12.3. The zero-order valence-corrected chi connectivity index (χ0v) is 12.3. The molecule has 0 bridgehead atoms. The molecule has 1 atom stereocenters. The highest BCUT2D eigenvalue weighted by Crippen LogP contribution is 2.22. The molecule has 0 radical (unpaired) electrons. The molecule has 1 amide bonds. The fourth-order valence-electron chi connectivity index (χ4n) is 2.01. The van der Waals surface area contributed by atoms with Crippen molar-refractivity contribution in [1.29, 1.82) is 0 Å². The SMILES string of the molecule is COc1cc(OC)cc(C(=O)NC(C)CC(C)C)c1. The van der Waals surface area contributed by atoms with Gasteiger partial charge in [0.15, 0.2) is 0 Å². The van der Waals surface area contributed by atoms with Crippen molar-refractivity contribution in [2.75, 3.05) is 14.2 Å². The Kier molecular flexibility index (Phi) is 5.67. The Morgan fingerprint density at radius 3 is 2.05 bits per heavy atom. The number of nitrogens with one attached hydrogen (secondary N) is 1. The zero-order chi connectivity index (χ0) is 14.4. The summed E-state index contributed by atoms with van der Waals surface area (Å²) in [4.78, 5) is 12.2. The van der Waals surface area contributed by atoms with E-state index in [4.69, 9.17) is 9.47 Å². The average molecular weight is 265 g/mol. The Labute approximate surface area is 115 Å². The topological polar surface area (TPSA) is 47.6 Å². The Morgan fingerprint density at radius 1 is 1.11 bits per heavy atom. The molecule has 1 unspecified atom stereocenters. The van der Waals surface area contributed by atoms with Crippen LogP contribution >= 0.6 is 0 Å². The van der Waals surface area contributed by atoms with Crippen LogP contribution in [0.4, 0.5) is 0 Å². The maximum atomic E-state index is 12.2. The molecule has 4 heteroatoms. The van der Waals surface area contributed by atoms with Crippen molar-refractivity contribution in [2.45, 2.75) is 33.2 Å². The molecule has 0 aliphatic rings. The minimum Gasteiger partial charge on any atom is -0.497 e. The van der Waals surface area contributed by atoms with Crippen LogP contribution in [-0.2, 0) is 0 Å². The van der Waals surface area contributed by atoms with Crippen molar-refractivity contribution < 1.29 is 14.3 Å². The van der Waals surface area contributed by atoms with Gasteiger partial charge in [-0.25, -0.2) is 0 Å².